The van der Waals surface area contributed by atoms with Gasteiger partial charge in [0.05, 0.1) is 5.54 Å². The Labute approximate surface area is 146 Å². The molecule has 0 bridgehead atoms. The van der Waals surface area contributed by atoms with E-state index in [1.165, 1.54) is 33.4 Å². The maximum Gasteiger partial charge on any atom is 0.0879 e. The fourth-order valence-corrected chi connectivity index (χ4v) is 3.76. The van der Waals surface area contributed by atoms with Crippen LogP contribution in [-0.4, -0.2) is 16.9 Å². The minimum atomic E-state index is -0.183. The molecular weight excluding hydrogens is 292 g/mol. The quantitative estimate of drug-likeness (QED) is 0.745. The summed E-state index contributed by atoms with van der Waals surface area (Å²) in [7, 11) is 2.17. The monoisotopic (exact) mass is 320 g/mol. The van der Waals surface area contributed by atoms with Crippen molar-refractivity contribution in [3.63, 3.8) is 0 Å². The Kier molecular flexibility index (Phi) is 4.03. The first-order chi connectivity index (χ1) is 11.2. The van der Waals surface area contributed by atoms with Crippen LogP contribution in [0.3, 0.4) is 0 Å². The summed E-state index contributed by atoms with van der Waals surface area (Å²) in [5.74, 6) is 0.427. The van der Waals surface area contributed by atoms with Crippen molar-refractivity contribution in [3.8, 4) is 0 Å². The number of aromatic nitrogens is 1. The molecule has 126 valence electrons. The minimum Gasteiger partial charge on any atom is -0.367 e. The predicted octanol–water partition coefficient (Wildman–Crippen LogP) is 5.31. The molecule has 0 amide bonds. The van der Waals surface area contributed by atoms with E-state index in [-0.39, 0.29) is 5.54 Å². The van der Waals surface area contributed by atoms with Gasteiger partial charge in [-0.25, -0.2) is 0 Å². The lowest BCUT2D eigenvalue weighted by Crippen LogP contribution is -2.42. The van der Waals surface area contributed by atoms with Crippen LogP contribution in [0.5, 0.6) is 0 Å². The summed E-state index contributed by atoms with van der Waals surface area (Å²) in [4.78, 5) is 7.00. The standard InChI is InChI=1S/C22H28N2/c1-14(2)21-12-20-18(13-23-21)8-9-24(7)22(20,6)19-11-15(3)10-16(4)17(19)5/h8-14H,1-7H3. The normalized spacial score (nSPS) is 19.8. The fourth-order valence-electron chi connectivity index (χ4n) is 3.76. The van der Waals surface area contributed by atoms with Gasteiger partial charge in [-0.15, -0.1) is 0 Å². The molecule has 0 saturated carbocycles. The zero-order chi connectivity index (χ0) is 17.6. The first-order valence-electron chi connectivity index (χ1n) is 8.75. The number of benzene rings is 1. The molecule has 1 aromatic carbocycles. The summed E-state index contributed by atoms with van der Waals surface area (Å²) in [5.41, 5.74) is 8.97. The van der Waals surface area contributed by atoms with E-state index in [4.69, 9.17) is 0 Å². The van der Waals surface area contributed by atoms with Crippen molar-refractivity contribution in [2.45, 2.75) is 53.0 Å². The van der Waals surface area contributed by atoms with E-state index < -0.39 is 0 Å². The number of rotatable bonds is 2. The first kappa shape index (κ1) is 16.8. The highest BCUT2D eigenvalue weighted by Crippen LogP contribution is 2.43. The molecule has 0 spiro atoms. The van der Waals surface area contributed by atoms with Crippen molar-refractivity contribution in [2.24, 2.45) is 0 Å². The van der Waals surface area contributed by atoms with E-state index in [1.807, 2.05) is 6.20 Å². The third-order valence-corrected chi connectivity index (χ3v) is 5.59. The molecule has 1 unspecified atom stereocenters. The maximum absolute atomic E-state index is 4.66. The van der Waals surface area contributed by atoms with Gasteiger partial charge in [-0.1, -0.05) is 31.5 Å². The Morgan fingerprint density at radius 2 is 1.75 bits per heavy atom. The van der Waals surface area contributed by atoms with Gasteiger partial charge in [-0.05, 0) is 68.0 Å². The van der Waals surface area contributed by atoms with Crippen LogP contribution in [0.25, 0.3) is 6.08 Å². The van der Waals surface area contributed by atoms with E-state index in [0.717, 1.165) is 5.69 Å². The minimum absolute atomic E-state index is 0.183. The fraction of sp³-hybridized carbons (Fsp3) is 0.409. The van der Waals surface area contributed by atoms with Crippen LogP contribution in [0.15, 0.2) is 30.6 Å². The Hall–Kier alpha value is -2.09. The van der Waals surface area contributed by atoms with Gasteiger partial charge < -0.3 is 4.90 Å². The maximum atomic E-state index is 4.66. The number of pyridine rings is 1. The van der Waals surface area contributed by atoms with Crippen LogP contribution < -0.4 is 0 Å². The summed E-state index contributed by atoms with van der Waals surface area (Å²) < 4.78 is 0. The molecule has 1 aliphatic rings. The highest BCUT2D eigenvalue weighted by molar-refractivity contribution is 5.62. The average molecular weight is 320 g/mol. The molecule has 0 saturated heterocycles. The SMILES string of the molecule is Cc1cc(C)c(C)c(C2(C)c3cc(C(C)C)ncc3C=CN2C)c1. The van der Waals surface area contributed by atoms with Crippen LogP contribution in [0.4, 0.5) is 0 Å². The largest absolute Gasteiger partial charge is 0.367 e. The molecule has 24 heavy (non-hydrogen) atoms. The van der Waals surface area contributed by atoms with Crippen molar-refractivity contribution in [1.29, 1.82) is 0 Å². The highest BCUT2D eigenvalue weighted by atomic mass is 15.2. The second kappa shape index (κ2) is 5.77. The Morgan fingerprint density at radius 1 is 1.04 bits per heavy atom. The highest BCUT2D eigenvalue weighted by Gasteiger charge is 2.38. The van der Waals surface area contributed by atoms with E-state index >= 15 is 0 Å². The van der Waals surface area contributed by atoms with E-state index in [1.54, 1.807) is 0 Å². The molecule has 2 heteroatoms. The van der Waals surface area contributed by atoms with Gasteiger partial charge in [-0.3, -0.25) is 4.98 Å². The second-order valence-electron chi connectivity index (χ2n) is 7.60. The number of nitrogens with zero attached hydrogens (tertiary/aromatic N) is 2. The van der Waals surface area contributed by atoms with E-state index in [2.05, 4.69) is 88.9 Å². The molecule has 1 aliphatic heterocycles. The topological polar surface area (TPSA) is 16.1 Å². The van der Waals surface area contributed by atoms with Crippen molar-refractivity contribution in [2.75, 3.05) is 7.05 Å². The van der Waals surface area contributed by atoms with Crippen LogP contribution in [0.2, 0.25) is 0 Å². The summed E-state index contributed by atoms with van der Waals surface area (Å²) in [5, 5.41) is 0. The third-order valence-electron chi connectivity index (χ3n) is 5.59. The van der Waals surface area contributed by atoms with E-state index in [9.17, 15) is 0 Å². The lowest BCUT2D eigenvalue weighted by molar-refractivity contribution is 0.250. The smallest absolute Gasteiger partial charge is 0.0879 e. The molecular formula is C22H28N2. The van der Waals surface area contributed by atoms with Crippen molar-refractivity contribution < 1.29 is 0 Å². The molecule has 3 rings (SSSR count). The number of aryl methyl sites for hydroxylation is 2. The van der Waals surface area contributed by atoms with E-state index in [0.29, 0.717) is 5.92 Å². The van der Waals surface area contributed by atoms with Crippen molar-refractivity contribution >= 4 is 6.08 Å². The molecule has 2 nitrogen and oxygen atoms in total. The number of hydrogen-bond donors (Lipinski definition) is 0. The predicted molar refractivity (Wildman–Crippen MR) is 102 cm³/mol. The Bertz CT molecular complexity index is 817. The molecule has 0 fully saturated rings. The molecule has 2 heterocycles. The molecule has 0 aliphatic carbocycles. The van der Waals surface area contributed by atoms with Gasteiger partial charge in [0.2, 0.25) is 0 Å². The number of fused-ring (bicyclic) bond motifs is 1. The first-order valence-corrected chi connectivity index (χ1v) is 8.75. The lowest BCUT2D eigenvalue weighted by atomic mass is 9.76. The third kappa shape index (κ3) is 2.45. The summed E-state index contributed by atoms with van der Waals surface area (Å²) in [6.07, 6.45) is 6.38. The van der Waals surface area contributed by atoms with Crippen molar-refractivity contribution in [1.82, 2.24) is 9.88 Å². The molecule has 1 atom stereocenters. The Morgan fingerprint density at radius 3 is 2.42 bits per heavy atom. The van der Waals surface area contributed by atoms with Crippen LogP contribution in [0.1, 0.15) is 65.8 Å². The Balaban J connectivity index is 2.31. The van der Waals surface area contributed by atoms with Crippen LogP contribution in [0, 0.1) is 20.8 Å². The summed E-state index contributed by atoms with van der Waals surface area (Å²) >= 11 is 0. The van der Waals surface area contributed by atoms with Gasteiger partial charge in [0.25, 0.3) is 0 Å². The number of hydrogen-bond acceptors (Lipinski definition) is 2. The average Bonchev–Trinajstić information content (AvgIpc) is 2.54. The van der Waals surface area contributed by atoms with Crippen LogP contribution in [-0.2, 0) is 5.54 Å². The van der Waals surface area contributed by atoms with Gasteiger partial charge in [0.15, 0.2) is 0 Å². The zero-order valence-electron chi connectivity index (χ0n) is 15.9. The molecule has 0 N–H and O–H groups in total. The molecule has 0 radical (unpaired) electrons. The van der Waals surface area contributed by atoms with Gasteiger partial charge in [0, 0.05) is 30.7 Å². The lowest BCUT2D eigenvalue weighted by Gasteiger charge is -2.44. The van der Waals surface area contributed by atoms with Gasteiger partial charge >= 0.3 is 0 Å². The summed E-state index contributed by atoms with van der Waals surface area (Å²) in [6, 6.07) is 6.92. The van der Waals surface area contributed by atoms with Gasteiger partial charge in [0.1, 0.15) is 0 Å². The molecule has 2 aromatic rings. The van der Waals surface area contributed by atoms with Crippen LogP contribution >= 0.6 is 0 Å². The zero-order valence-corrected chi connectivity index (χ0v) is 15.9. The molecule has 1 aromatic heterocycles. The summed E-state index contributed by atoms with van der Waals surface area (Å²) in [6.45, 7) is 13.4. The second-order valence-corrected chi connectivity index (χ2v) is 7.60. The van der Waals surface area contributed by atoms with Gasteiger partial charge in [-0.2, -0.15) is 0 Å². The van der Waals surface area contributed by atoms with Crippen molar-refractivity contribution in [3.05, 3.63) is 69.7 Å².